The highest BCUT2D eigenvalue weighted by atomic mass is 32.2. The highest BCUT2D eigenvalue weighted by Gasteiger charge is 2.42. The Bertz CT molecular complexity index is 533. The summed E-state index contributed by atoms with van der Waals surface area (Å²) in [6, 6.07) is 9.58. The minimum Gasteiger partial charge on any atom is -0.354 e. The van der Waals surface area contributed by atoms with E-state index in [1.165, 1.54) is 0 Å². The van der Waals surface area contributed by atoms with E-state index in [-0.39, 0.29) is 29.1 Å². The number of benzene rings is 1. The number of nitrogens with one attached hydrogen (secondary N) is 1. The molecule has 1 aliphatic heterocycles. The van der Waals surface area contributed by atoms with Crippen molar-refractivity contribution in [1.82, 2.24) is 10.2 Å². The van der Waals surface area contributed by atoms with Crippen molar-refractivity contribution in [3.8, 4) is 0 Å². The largest absolute Gasteiger partial charge is 0.354 e. The first-order chi connectivity index (χ1) is 11.1. The minimum absolute atomic E-state index is 0.0293. The summed E-state index contributed by atoms with van der Waals surface area (Å²) in [5.74, 6) is 0.541. The number of thioether (sulfide) groups is 1. The number of carbonyl (C=O) groups is 2. The van der Waals surface area contributed by atoms with Gasteiger partial charge in [0.05, 0.1) is 0 Å². The summed E-state index contributed by atoms with van der Waals surface area (Å²) in [4.78, 5) is 27.0. The lowest BCUT2D eigenvalue weighted by Gasteiger charge is -2.30. The van der Waals surface area contributed by atoms with E-state index in [1.54, 1.807) is 16.7 Å². The van der Waals surface area contributed by atoms with Crippen LogP contribution in [0.1, 0.15) is 44.6 Å². The van der Waals surface area contributed by atoms with Crippen molar-refractivity contribution in [3.05, 3.63) is 35.9 Å². The molecule has 2 rings (SSSR count). The number of amides is 2. The smallest absolute Gasteiger partial charge is 0.243 e. The predicted octanol–water partition coefficient (Wildman–Crippen LogP) is 3.20. The third-order valence-electron chi connectivity index (χ3n) is 3.97. The van der Waals surface area contributed by atoms with Crippen LogP contribution in [0, 0.1) is 5.92 Å². The molecule has 5 heteroatoms. The molecular weight excluding hydrogens is 308 g/mol. The number of rotatable bonds is 6. The van der Waals surface area contributed by atoms with Crippen molar-refractivity contribution in [2.45, 2.75) is 45.0 Å². The van der Waals surface area contributed by atoms with Gasteiger partial charge >= 0.3 is 0 Å². The van der Waals surface area contributed by atoms with Crippen molar-refractivity contribution in [1.29, 1.82) is 0 Å². The number of unbranched alkanes of at least 4 members (excludes halogenated alkanes) is 1. The highest BCUT2D eigenvalue weighted by molar-refractivity contribution is 7.99. The predicted molar refractivity (Wildman–Crippen MR) is 95.0 cm³/mol. The van der Waals surface area contributed by atoms with Gasteiger partial charge in [0.2, 0.25) is 11.8 Å². The Morgan fingerprint density at radius 1 is 1.30 bits per heavy atom. The van der Waals surface area contributed by atoms with Crippen LogP contribution in [0.3, 0.4) is 0 Å². The molecule has 1 N–H and O–H groups in total. The zero-order valence-corrected chi connectivity index (χ0v) is 14.9. The van der Waals surface area contributed by atoms with Gasteiger partial charge in [0.1, 0.15) is 11.4 Å². The second-order valence-corrected chi connectivity index (χ2v) is 7.27. The van der Waals surface area contributed by atoms with E-state index >= 15 is 0 Å². The monoisotopic (exact) mass is 334 g/mol. The number of hydrogen-bond donors (Lipinski definition) is 1. The maximum atomic E-state index is 12.7. The van der Waals surface area contributed by atoms with Crippen LogP contribution >= 0.6 is 11.8 Å². The van der Waals surface area contributed by atoms with Gasteiger partial charge in [-0.25, -0.2) is 0 Å². The molecular formula is C18H26N2O2S. The standard InChI is InChI=1S/C18H26N2O2S/c1-4-5-11-19-16(21)15-12-23-18(14-9-7-6-8-10-14)20(15)17(22)13(2)3/h6-10,13,15,18H,4-5,11-12H2,1-3H3,(H,19,21). The van der Waals surface area contributed by atoms with E-state index in [0.717, 1.165) is 18.4 Å². The molecule has 1 aromatic carbocycles. The van der Waals surface area contributed by atoms with E-state index < -0.39 is 0 Å². The first kappa shape index (κ1) is 17.9. The Morgan fingerprint density at radius 3 is 2.61 bits per heavy atom. The maximum absolute atomic E-state index is 12.7. The molecule has 1 aromatic rings. The molecule has 2 atom stereocenters. The fourth-order valence-electron chi connectivity index (χ4n) is 2.66. The third-order valence-corrected chi connectivity index (χ3v) is 5.29. The van der Waals surface area contributed by atoms with E-state index in [9.17, 15) is 9.59 Å². The van der Waals surface area contributed by atoms with Crippen LogP contribution in [-0.4, -0.2) is 35.1 Å². The van der Waals surface area contributed by atoms with Gasteiger partial charge in [0.15, 0.2) is 0 Å². The first-order valence-corrected chi connectivity index (χ1v) is 9.37. The van der Waals surface area contributed by atoms with Crippen molar-refractivity contribution in [2.75, 3.05) is 12.3 Å². The Balaban J connectivity index is 2.19. The zero-order chi connectivity index (χ0) is 16.8. The van der Waals surface area contributed by atoms with Crippen LogP contribution in [-0.2, 0) is 9.59 Å². The molecule has 2 unspecified atom stereocenters. The van der Waals surface area contributed by atoms with Gasteiger partial charge in [0, 0.05) is 18.2 Å². The van der Waals surface area contributed by atoms with Gasteiger partial charge in [-0.2, -0.15) is 0 Å². The molecule has 2 amide bonds. The molecule has 1 heterocycles. The quantitative estimate of drug-likeness (QED) is 0.813. The summed E-state index contributed by atoms with van der Waals surface area (Å²) in [6.07, 6.45) is 2.01. The average molecular weight is 334 g/mol. The molecule has 1 fully saturated rings. The molecule has 126 valence electrons. The van der Waals surface area contributed by atoms with Crippen molar-refractivity contribution < 1.29 is 9.59 Å². The van der Waals surface area contributed by atoms with Crippen molar-refractivity contribution >= 4 is 23.6 Å². The lowest BCUT2D eigenvalue weighted by molar-refractivity contribution is -0.142. The average Bonchev–Trinajstić information content (AvgIpc) is 2.99. The van der Waals surface area contributed by atoms with Gasteiger partial charge in [-0.1, -0.05) is 57.5 Å². The summed E-state index contributed by atoms with van der Waals surface area (Å²) in [5, 5.41) is 2.90. The second kappa shape index (κ2) is 8.39. The lowest BCUT2D eigenvalue weighted by Crippen LogP contribution is -2.49. The summed E-state index contributed by atoms with van der Waals surface area (Å²) in [6.45, 7) is 6.55. The van der Waals surface area contributed by atoms with Gasteiger partial charge in [0.25, 0.3) is 0 Å². The van der Waals surface area contributed by atoms with Gasteiger partial charge in [-0.05, 0) is 12.0 Å². The van der Waals surface area contributed by atoms with Crippen LogP contribution in [0.5, 0.6) is 0 Å². The summed E-state index contributed by atoms with van der Waals surface area (Å²) in [5.41, 5.74) is 1.08. The molecule has 0 bridgehead atoms. The Labute approximate surface area is 143 Å². The molecule has 23 heavy (non-hydrogen) atoms. The maximum Gasteiger partial charge on any atom is 0.243 e. The molecule has 1 saturated heterocycles. The molecule has 0 saturated carbocycles. The van der Waals surface area contributed by atoms with E-state index in [2.05, 4.69) is 12.2 Å². The second-order valence-electron chi connectivity index (χ2n) is 6.16. The number of carbonyl (C=O) groups excluding carboxylic acids is 2. The summed E-state index contributed by atoms with van der Waals surface area (Å²) in [7, 11) is 0. The molecule has 0 aliphatic carbocycles. The van der Waals surface area contributed by atoms with Crippen LogP contribution in [0.15, 0.2) is 30.3 Å². The van der Waals surface area contributed by atoms with Crippen molar-refractivity contribution in [3.63, 3.8) is 0 Å². The Hall–Kier alpha value is -1.49. The molecule has 0 radical (unpaired) electrons. The fourth-order valence-corrected chi connectivity index (χ4v) is 4.09. The topological polar surface area (TPSA) is 49.4 Å². The zero-order valence-electron chi connectivity index (χ0n) is 14.1. The third kappa shape index (κ3) is 4.28. The van der Waals surface area contributed by atoms with E-state index in [1.807, 2.05) is 44.2 Å². The van der Waals surface area contributed by atoms with Crippen LogP contribution in [0.25, 0.3) is 0 Å². The highest BCUT2D eigenvalue weighted by Crippen LogP contribution is 2.42. The van der Waals surface area contributed by atoms with Crippen LogP contribution < -0.4 is 5.32 Å². The fraction of sp³-hybridized carbons (Fsp3) is 0.556. The van der Waals surface area contributed by atoms with Crippen molar-refractivity contribution in [2.24, 2.45) is 5.92 Å². The molecule has 0 aromatic heterocycles. The summed E-state index contributed by atoms with van der Waals surface area (Å²) < 4.78 is 0. The first-order valence-electron chi connectivity index (χ1n) is 8.32. The van der Waals surface area contributed by atoms with E-state index in [0.29, 0.717) is 12.3 Å². The minimum atomic E-state index is -0.378. The number of hydrogen-bond acceptors (Lipinski definition) is 3. The number of nitrogens with zero attached hydrogens (tertiary/aromatic N) is 1. The van der Waals surface area contributed by atoms with E-state index in [4.69, 9.17) is 0 Å². The van der Waals surface area contributed by atoms with Crippen LogP contribution in [0.4, 0.5) is 0 Å². The van der Waals surface area contributed by atoms with Gasteiger partial charge in [-0.3, -0.25) is 9.59 Å². The lowest BCUT2D eigenvalue weighted by atomic mass is 10.1. The SMILES string of the molecule is CCCCNC(=O)C1CSC(c2ccccc2)N1C(=O)C(C)C. The van der Waals surface area contributed by atoms with Crippen LogP contribution in [0.2, 0.25) is 0 Å². The van der Waals surface area contributed by atoms with Gasteiger partial charge in [-0.15, -0.1) is 11.8 Å². The molecule has 1 aliphatic rings. The van der Waals surface area contributed by atoms with Gasteiger partial charge < -0.3 is 10.2 Å². The summed E-state index contributed by atoms with van der Waals surface area (Å²) >= 11 is 1.67. The molecule has 0 spiro atoms. The Morgan fingerprint density at radius 2 is 2.00 bits per heavy atom. The normalized spacial score (nSPS) is 20.8. The Kier molecular flexibility index (Phi) is 6.51. The molecule has 4 nitrogen and oxygen atoms in total.